The van der Waals surface area contributed by atoms with Gasteiger partial charge in [0, 0.05) is 35.3 Å². The maximum Gasteiger partial charge on any atom is 0.0707 e. The van der Waals surface area contributed by atoms with Crippen LogP contribution >= 0.6 is 0 Å². The molecule has 1 aromatic carbocycles. The number of pyridine rings is 3. The first-order valence-electron chi connectivity index (χ1n) is 9.06. The van der Waals surface area contributed by atoms with Gasteiger partial charge in [-0.3, -0.25) is 15.0 Å². The molecule has 3 heterocycles. The molecule has 0 aliphatic rings. The van der Waals surface area contributed by atoms with Crippen LogP contribution in [0, 0.1) is 20.8 Å². The molecule has 0 fully saturated rings. The zero-order chi connectivity index (χ0) is 18.8. The van der Waals surface area contributed by atoms with Crippen molar-refractivity contribution in [3.05, 3.63) is 89.9 Å². The molecule has 0 aliphatic heterocycles. The average molecular weight is 351 g/mol. The molecule has 3 nitrogen and oxygen atoms in total. The van der Waals surface area contributed by atoms with Crippen molar-refractivity contribution < 1.29 is 0 Å². The summed E-state index contributed by atoms with van der Waals surface area (Å²) < 4.78 is 0. The van der Waals surface area contributed by atoms with E-state index < -0.39 is 0 Å². The molecule has 4 rings (SSSR count). The molecule has 0 amide bonds. The van der Waals surface area contributed by atoms with Gasteiger partial charge >= 0.3 is 0 Å². The van der Waals surface area contributed by atoms with Crippen molar-refractivity contribution in [2.24, 2.45) is 0 Å². The fourth-order valence-corrected chi connectivity index (χ4v) is 3.90. The smallest absolute Gasteiger partial charge is 0.0707 e. The number of aromatic nitrogens is 3. The number of hydrogen-bond acceptors (Lipinski definition) is 3. The molecule has 0 aliphatic carbocycles. The van der Waals surface area contributed by atoms with Crippen LogP contribution in [0.4, 0.5) is 0 Å². The van der Waals surface area contributed by atoms with Gasteiger partial charge in [-0.05, 0) is 73.9 Å². The molecular formula is C24H21N3. The Morgan fingerprint density at radius 2 is 0.741 bits per heavy atom. The van der Waals surface area contributed by atoms with E-state index in [0.29, 0.717) is 0 Å². The Hall–Kier alpha value is -3.33. The molecular weight excluding hydrogens is 330 g/mol. The van der Waals surface area contributed by atoms with Crippen LogP contribution in [0.5, 0.6) is 0 Å². The maximum absolute atomic E-state index is 4.63. The van der Waals surface area contributed by atoms with Gasteiger partial charge in [-0.25, -0.2) is 0 Å². The number of benzene rings is 1. The summed E-state index contributed by atoms with van der Waals surface area (Å²) in [6.07, 6.45) is 5.53. The van der Waals surface area contributed by atoms with Crippen molar-refractivity contribution in [2.45, 2.75) is 20.8 Å². The van der Waals surface area contributed by atoms with E-state index in [-0.39, 0.29) is 0 Å². The first-order valence-corrected chi connectivity index (χ1v) is 9.06. The van der Waals surface area contributed by atoms with E-state index in [1.54, 1.807) is 0 Å². The van der Waals surface area contributed by atoms with Crippen LogP contribution < -0.4 is 0 Å². The lowest BCUT2D eigenvalue weighted by atomic mass is 9.84. The fraction of sp³-hybridized carbons (Fsp3) is 0.125. The zero-order valence-electron chi connectivity index (χ0n) is 15.8. The van der Waals surface area contributed by atoms with Gasteiger partial charge in [0.25, 0.3) is 0 Å². The summed E-state index contributed by atoms with van der Waals surface area (Å²) in [7, 11) is 0. The van der Waals surface area contributed by atoms with Crippen molar-refractivity contribution in [2.75, 3.05) is 0 Å². The van der Waals surface area contributed by atoms with E-state index in [1.807, 2.05) is 55.0 Å². The lowest BCUT2D eigenvalue weighted by molar-refractivity contribution is 1.22. The van der Waals surface area contributed by atoms with Crippen molar-refractivity contribution in [1.82, 2.24) is 15.0 Å². The third-order valence-electron chi connectivity index (χ3n) is 5.01. The first kappa shape index (κ1) is 17.1. The lowest BCUT2D eigenvalue weighted by Gasteiger charge is -2.21. The second kappa shape index (κ2) is 7.12. The Balaban J connectivity index is 2.12. The van der Waals surface area contributed by atoms with E-state index in [9.17, 15) is 0 Å². The number of hydrogen-bond donors (Lipinski definition) is 0. The third kappa shape index (κ3) is 3.02. The van der Waals surface area contributed by atoms with Gasteiger partial charge < -0.3 is 0 Å². The number of nitrogens with zero attached hydrogens (tertiary/aromatic N) is 3. The third-order valence-corrected chi connectivity index (χ3v) is 5.01. The summed E-state index contributed by atoms with van der Waals surface area (Å²) in [4.78, 5) is 13.9. The van der Waals surface area contributed by atoms with Gasteiger partial charge in [-0.1, -0.05) is 18.2 Å². The van der Waals surface area contributed by atoms with Crippen molar-refractivity contribution in [3.8, 4) is 33.8 Å². The Bertz CT molecular complexity index is 910. The highest BCUT2D eigenvalue weighted by molar-refractivity contribution is 5.89. The van der Waals surface area contributed by atoms with Gasteiger partial charge in [0.15, 0.2) is 0 Å². The van der Waals surface area contributed by atoms with Gasteiger partial charge in [0.1, 0.15) is 0 Å². The van der Waals surface area contributed by atoms with Gasteiger partial charge in [0.2, 0.25) is 0 Å². The number of rotatable bonds is 3. The molecule has 0 radical (unpaired) electrons. The monoisotopic (exact) mass is 351 g/mol. The highest BCUT2D eigenvalue weighted by atomic mass is 14.7. The molecule has 0 N–H and O–H groups in total. The normalized spacial score (nSPS) is 10.8. The average Bonchev–Trinajstić information content (AvgIpc) is 2.70. The lowest BCUT2D eigenvalue weighted by Crippen LogP contribution is -2.02. The molecule has 4 aromatic rings. The minimum atomic E-state index is 0.974. The van der Waals surface area contributed by atoms with Crippen LogP contribution in [0.3, 0.4) is 0 Å². The molecule has 0 saturated heterocycles. The van der Waals surface area contributed by atoms with Crippen LogP contribution in [0.2, 0.25) is 0 Å². The van der Waals surface area contributed by atoms with Crippen LogP contribution in [0.1, 0.15) is 16.7 Å². The van der Waals surface area contributed by atoms with E-state index in [2.05, 4.69) is 53.9 Å². The molecule has 0 spiro atoms. The van der Waals surface area contributed by atoms with E-state index in [1.165, 1.54) is 16.7 Å². The largest absolute Gasteiger partial charge is 0.256 e. The Morgan fingerprint density at radius 1 is 0.444 bits per heavy atom. The minimum absolute atomic E-state index is 0.974. The van der Waals surface area contributed by atoms with Crippen LogP contribution in [0.15, 0.2) is 73.2 Å². The zero-order valence-corrected chi connectivity index (χ0v) is 15.8. The van der Waals surface area contributed by atoms with E-state index in [4.69, 9.17) is 0 Å². The molecule has 0 bridgehead atoms. The summed E-state index contributed by atoms with van der Waals surface area (Å²) in [6.45, 7) is 6.49. The summed E-state index contributed by atoms with van der Waals surface area (Å²) in [6, 6.07) is 18.1. The summed E-state index contributed by atoms with van der Waals surface area (Å²) in [5.41, 5.74) is 9.98. The Labute approximate surface area is 159 Å². The standard InChI is InChI=1S/C24H21N3/c1-16-22(19-10-4-7-13-25-19)17(2)24(21-12-6-9-15-27-21)18(3)23(16)20-11-5-8-14-26-20/h4-15H,1-3H3. The van der Waals surface area contributed by atoms with Gasteiger partial charge in [-0.2, -0.15) is 0 Å². The molecule has 0 atom stereocenters. The van der Waals surface area contributed by atoms with Gasteiger partial charge in [0.05, 0.1) is 17.1 Å². The topological polar surface area (TPSA) is 38.7 Å². The summed E-state index contributed by atoms with van der Waals surface area (Å²) in [5, 5.41) is 0. The van der Waals surface area contributed by atoms with Crippen molar-refractivity contribution >= 4 is 0 Å². The quantitative estimate of drug-likeness (QED) is 0.468. The second-order valence-electron chi connectivity index (χ2n) is 6.64. The van der Waals surface area contributed by atoms with Gasteiger partial charge in [-0.15, -0.1) is 0 Å². The molecule has 3 heteroatoms. The van der Waals surface area contributed by atoms with Crippen LogP contribution in [0.25, 0.3) is 33.8 Å². The van der Waals surface area contributed by atoms with Crippen molar-refractivity contribution in [3.63, 3.8) is 0 Å². The van der Waals surface area contributed by atoms with E-state index >= 15 is 0 Å². The van der Waals surface area contributed by atoms with Crippen molar-refractivity contribution in [1.29, 1.82) is 0 Å². The molecule has 27 heavy (non-hydrogen) atoms. The highest BCUT2D eigenvalue weighted by Crippen LogP contribution is 2.42. The predicted octanol–water partition coefficient (Wildman–Crippen LogP) is 5.80. The minimum Gasteiger partial charge on any atom is -0.256 e. The second-order valence-corrected chi connectivity index (χ2v) is 6.64. The predicted molar refractivity (Wildman–Crippen MR) is 110 cm³/mol. The Morgan fingerprint density at radius 3 is 0.963 bits per heavy atom. The molecule has 0 unspecified atom stereocenters. The molecule has 0 saturated carbocycles. The summed E-state index contributed by atoms with van der Waals surface area (Å²) in [5.74, 6) is 0. The maximum atomic E-state index is 4.63. The highest BCUT2D eigenvalue weighted by Gasteiger charge is 2.21. The van der Waals surface area contributed by atoms with Crippen LogP contribution in [-0.4, -0.2) is 15.0 Å². The first-order chi connectivity index (χ1) is 13.2. The molecule has 3 aromatic heterocycles. The van der Waals surface area contributed by atoms with Crippen LogP contribution in [-0.2, 0) is 0 Å². The SMILES string of the molecule is Cc1c(-c2ccccn2)c(C)c(-c2ccccn2)c(C)c1-c1ccccn1. The molecule has 132 valence electrons. The Kier molecular flexibility index (Phi) is 4.51. The summed E-state index contributed by atoms with van der Waals surface area (Å²) >= 11 is 0. The fourth-order valence-electron chi connectivity index (χ4n) is 3.90. The van der Waals surface area contributed by atoms with E-state index in [0.717, 1.165) is 33.8 Å².